The molecule has 1 amide bonds. The van der Waals surface area contributed by atoms with E-state index in [2.05, 4.69) is 31.0 Å². The third-order valence-electron chi connectivity index (χ3n) is 3.76. The Hall–Kier alpha value is -1.81. The molecule has 0 radical (unpaired) electrons. The minimum Gasteiger partial charge on any atom is -0.395 e. The summed E-state index contributed by atoms with van der Waals surface area (Å²) in [6.07, 6.45) is 1.98. The van der Waals surface area contributed by atoms with E-state index < -0.39 is 0 Å². The average molecular weight is 288 g/mol. The van der Waals surface area contributed by atoms with E-state index in [0.717, 1.165) is 23.7 Å². The van der Waals surface area contributed by atoms with Crippen molar-refractivity contribution in [3.8, 4) is 0 Å². The van der Waals surface area contributed by atoms with E-state index in [4.69, 9.17) is 5.11 Å². The molecule has 2 aromatic rings. The van der Waals surface area contributed by atoms with Crippen LogP contribution in [0.1, 0.15) is 41.4 Å². The number of benzene rings is 1. The van der Waals surface area contributed by atoms with Gasteiger partial charge in [0.15, 0.2) is 0 Å². The van der Waals surface area contributed by atoms with Crippen LogP contribution in [0.2, 0.25) is 0 Å². The van der Waals surface area contributed by atoms with Crippen molar-refractivity contribution in [2.45, 2.75) is 33.6 Å². The molecule has 0 aliphatic heterocycles. The molecule has 0 spiro atoms. The van der Waals surface area contributed by atoms with Crippen LogP contribution in [0.25, 0.3) is 10.9 Å². The van der Waals surface area contributed by atoms with Crippen LogP contribution >= 0.6 is 0 Å². The molecule has 1 aromatic heterocycles. The first-order valence-corrected chi connectivity index (χ1v) is 7.57. The molecule has 0 aliphatic rings. The number of H-pyrrole nitrogens is 1. The summed E-state index contributed by atoms with van der Waals surface area (Å²) in [5.41, 5.74) is 3.94. The molecule has 1 aromatic carbocycles. The lowest BCUT2D eigenvalue weighted by Crippen LogP contribution is -2.34. The summed E-state index contributed by atoms with van der Waals surface area (Å²) in [4.78, 5) is 17.5. The number of unbranched alkanes of at least 4 members (excludes halogenated alkanes) is 1. The van der Waals surface area contributed by atoms with Crippen LogP contribution < -0.4 is 0 Å². The monoisotopic (exact) mass is 288 g/mol. The van der Waals surface area contributed by atoms with E-state index in [1.165, 1.54) is 11.1 Å². The third-order valence-corrected chi connectivity index (χ3v) is 3.76. The van der Waals surface area contributed by atoms with Gasteiger partial charge in [-0.15, -0.1) is 0 Å². The van der Waals surface area contributed by atoms with Crippen molar-refractivity contribution in [2.75, 3.05) is 19.7 Å². The fourth-order valence-electron chi connectivity index (χ4n) is 2.67. The molecule has 4 nitrogen and oxygen atoms in total. The Bertz CT molecular complexity index is 631. The van der Waals surface area contributed by atoms with Crippen molar-refractivity contribution in [3.63, 3.8) is 0 Å². The third kappa shape index (κ3) is 3.45. The van der Waals surface area contributed by atoms with Crippen molar-refractivity contribution in [1.29, 1.82) is 0 Å². The second-order valence-corrected chi connectivity index (χ2v) is 5.60. The Kier molecular flexibility index (Phi) is 5.02. The standard InChI is InChI=1S/C17H24N2O2/c1-4-5-6-19(7-8-20)17(21)16-11-14-13(3)9-12(2)10-15(14)18-16/h9-11,18,20H,4-8H2,1-3H3. The number of aromatic nitrogens is 1. The summed E-state index contributed by atoms with van der Waals surface area (Å²) in [7, 11) is 0. The molecule has 114 valence electrons. The second-order valence-electron chi connectivity index (χ2n) is 5.60. The Morgan fingerprint density at radius 2 is 2.00 bits per heavy atom. The van der Waals surface area contributed by atoms with Gasteiger partial charge in [-0.3, -0.25) is 4.79 Å². The molecule has 0 atom stereocenters. The lowest BCUT2D eigenvalue weighted by atomic mass is 10.1. The maximum absolute atomic E-state index is 12.6. The molecule has 2 N–H and O–H groups in total. The number of aliphatic hydroxyl groups excluding tert-OH is 1. The number of aryl methyl sites for hydroxylation is 2. The molecular weight excluding hydrogens is 264 g/mol. The summed E-state index contributed by atoms with van der Waals surface area (Å²) in [6, 6.07) is 6.09. The van der Waals surface area contributed by atoms with Crippen LogP contribution in [0.5, 0.6) is 0 Å². The number of carbonyl (C=O) groups excluding carboxylic acids is 1. The number of hydrogen-bond donors (Lipinski definition) is 2. The molecule has 21 heavy (non-hydrogen) atoms. The number of nitrogens with zero attached hydrogens (tertiary/aromatic N) is 1. The van der Waals surface area contributed by atoms with Gasteiger partial charge in [-0.1, -0.05) is 19.4 Å². The summed E-state index contributed by atoms with van der Waals surface area (Å²) in [5, 5.41) is 10.2. The van der Waals surface area contributed by atoms with E-state index >= 15 is 0 Å². The molecule has 4 heteroatoms. The van der Waals surface area contributed by atoms with Gasteiger partial charge < -0.3 is 15.0 Å². The summed E-state index contributed by atoms with van der Waals surface area (Å²) in [5.74, 6) is -0.0363. The SMILES string of the molecule is CCCCN(CCO)C(=O)c1cc2c(C)cc(C)cc2[nH]1. The summed E-state index contributed by atoms with van der Waals surface area (Å²) >= 11 is 0. The Morgan fingerprint density at radius 3 is 2.67 bits per heavy atom. The molecule has 0 aliphatic carbocycles. The average Bonchev–Trinajstić information content (AvgIpc) is 2.86. The largest absolute Gasteiger partial charge is 0.395 e. The maximum Gasteiger partial charge on any atom is 0.270 e. The quantitative estimate of drug-likeness (QED) is 0.858. The van der Waals surface area contributed by atoms with Gasteiger partial charge in [0.25, 0.3) is 5.91 Å². The van der Waals surface area contributed by atoms with Crippen molar-refractivity contribution in [2.24, 2.45) is 0 Å². The van der Waals surface area contributed by atoms with E-state index in [-0.39, 0.29) is 12.5 Å². The molecule has 0 unspecified atom stereocenters. The molecule has 0 bridgehead atoms. The van der Waals surface area contributed by atoms with Crippen LogP contribution in [-0.2, 0) is 0 Å². The van der Waals surface area contributed by atoms with Crippen molar-refractivity contribution in [3.05, 3.63) is 35.0 Å². The maximum atomic E-state index is 12.6. The lowest BCUT2D eigenvalue weighted by Gasteiger charge is -2.20. The van der Waals surface area contributed by atoms with Crippen LogP contribution in [0.4, 0.5) is 0 Å². The zero-order valence-corrected chi connectivity index (χ0v) is 13.1. The van der Waals surface area contributed by atoms with E-state index in [9.17, 15) is 4.79 Å². The highest BCUT2D eigenvalue weighted by atomic mass is 16.3. The molecule has 0 fully saturated rings. The van der Waals surface area contributed by atoms with Gasteiger partial charge in [-0.05, 0) is 43.5 Å². The fourth-order valence-corrected chi connectivity index (χ4v) is 2.67. The Morgan fingerprint density at radius 1 is 1.24 bits per heavy atom. The number of aliphatic hydroxyl groups is 1. The van der Waals surface area contributed by atoms with E-state index in [1.54, 1.807) is 4.90 Å². The Labute approximate surface area is 125 Å². The van der Waals surface area contributed by atoms with E-state index in [1.807, 2.05) is 13.0 Å². The zero-order valence-electron chi connectivity index (χ0n) is 13.1. The number of fused-ring (bicyclic) bond motifs is 1. The first-order chi connectivity index (χ1) is 10.1. The number of nitrogens with one attached hydrogen (secondary N) is 1. The minimum atomic E-state index is -0.0363. The molecule has 1 heterocycles. The molecule has 0 saturated heterocycles. The molecule has 2 rings (SSSR count). The van der Waals surface area contributed by atoms with Gasteiger partial charge in [0.05, 0.1) is 6.61 Å². The Balaban J connectivity index is 2.31. The lowest BCUT2D eigenvalue weighted by molar-refractivity contribution is 0.0714. The summed E-state index contributed by atoms with van der Waals surface area (Å²) < 4.78 is 0. The predicted octanol–water partition coefficient (Wildman–Crippen LogP) is 3.02. The van der Waals surface area contributed by atoms with Gasteiger partial charge in [0.1, 0.15) is 5.69 Å². The summed E-state index contributed by atoms with van der Waals surface area (Å²) in [6.45, 7) is 7.26. The predicted molar refractivity (Wildman–Crippen MR) is 85.7 cm³/mol. The van der Waals surface area contributed by atoms with Crippen LogP contribution in [0.15, 0.2) is 18.2 Å². The number of carbonyl (C=O) groups is 1. The number of aromatic amines is 1. The number of hydrogen-bond acceptors (Lipinski definition) is 2. The fraction of sp³-hybridized carbons (Fsp3) is 0.471. The molecular formula is C17H24N2O2. The van der Waals surface area contributed by atoms with E-state index in [0.29, 0.717) is 18.8 Å². The van der Waals surface area contributed by atoms with Crippen LogP contribution in [0.3, 0.4) is 0 Å². The smallest absolute Gasteiger partial charge is 0.270 e. The molecule has 0 saturated carbocycles. The number of amides is 1. The van der Waals surface area contributed by atoms with Gasteiger partial charge >= 0.3 is 0 Å². The van der Waals surface area contributed by atoms with Gasteiger partial charge in [-0.2, -0.15) is 0 Å². The first kappa shape index (κ1) is 15.6. The van der Waals surface area contributed by atoms with Gasteiger partial charge in [-0.25, -0.2) is 0 Å². The van der Waals surface area contributed by atoms with Gasteiger partial charge in [0.2, 0.25) is 0 Å². The van der Waals surface area contributed by atoms with Crippen molar-refractivity contribution < 1.29 is 9.90 Å². The topological polar surface area (TPSA) is 56.3 Å². The van der Waals surface area contributed by atoms with Crippen molar-refractivity contribution >= 4 is 16.8 Å². The van der Waals surface area contributed by atoms with Crippen LogP contribution in [-0.4, -0.2) is 40.6 Å². The van der Waals surface area contributed by atoms with Gasteiger partial charge in [0, 0.05) is 24.0 Å². The zero-order chi connectivity index (χ0) is 15.4. The highest BCUT2D eigenvalue weighted by molar-refractivity contribution is 5.99. The highest BCUT2D eigenvalue weighted by Crippen LogP contribution is 2.22. The second kappa shape index (κ2) is 6.76. The van der Waals surface area contributed by atoms with Crippen molar-refractivity contribution in [1.82, 2.24) is 9.88 Å². The number of rotatable bonds is 6. The highest BCUT2D eigenvalue weighted by Gasteiger charge is 2.17. The first-order valence-electron chi connectivity index (χ1n) is 7.57. The normalized spacial score (nSPS) is 11.0. The minimum absolute atomic E-state index is 0.00613. The van der Waals surface area contributed by atoms with Crippen LogP contribution in [0, 0.1) is 13.8 Å².